The minimum absolute atomic E-state index is 0.603. The third kappa shape index (κ3) is 4.00. The molecule has 1 aromatic rings. The topological polar surface area (TPSA) is 37.8 Å². The predicted molar refractivity (Wildman–Crippen MR) is 77.0 cm³/mol. The van der Waals surface area contributed by atoms with Crippen LogP contribution in [0.4, 0.5) is 0 Å². The lowest BCUT2D eigenvalue weighted by molar-refractivity contribution is 0.442. The van der Waals surface area contributed by atoms with E-state index in [0.29, 0.717) is 5.92 Å². The molecule has 1 aromatic heterocycles. The first kappa shape index (κ1) is 13.0. The predicted octanol–water partition coefficient (Wildman–Crippen LogP) is 3.56. The molecule has 0 amide bonds. The summed E-state index contributed by atoms with van der Waals surface area (Å²) in [6, 6.07) is 0.755. The SMILES string of the molecule is c1nc(C2CCCCCCC2)ncc1CNC1CC1. The third-order valence-electron chi connectivity index (χ3n) is 4.37. The van der Waals surface area contributed by atoms with Crippen LogP contribution in [0.25, 0.3) is 0 Å². The summed E-state index contributed by atoms with van der Waals surface area (Å²) in [5.74, 6) is 1.68. The van der Waals surface area contributed by atoms with Crippen LogP contribution in [0.2, 0.25) is 0 Å². The molecule has 2 aliphatic rings. The Morgan fingerprint density at radius 3 is 2.16 bits per heavy atom. The lowest BCUT2D eigenvalue weighted by Crippen LogP contribution is -2.16. The van der Waals surface area contributed by atoms with E-state index in [1.807, 2.05) is 12.4 Å². The van der Waals surface area contributed by atoms with Gasteiger partial charge in [-0.3, -0.25) is 0 Å². The van der Waals surface area contributed by atoms with Gasteiger partial charge < -0.3 is 5.32 Å². The van der Waals surface area contributed by atoms with E-state index in [9.17, 15) is 0 Å². The molecule has 1 heterocycles. The molecule has 0 spiro atoms. The van der Waals surface area contributed by atoms with Crippen molar-refractivity contribution in [1.82, 2.24) is 15.3 Å². The monoisotopic (exact) mass is 259 g/mol. The van der Waals surface area contributed by atoms with Crippen molar-refractivity contribution in [2.75, 3.05) is 0 Å². The van der Waals surface area contributed by atoms with Crippen LogP contribution in [0.1, 0.15) is 75.1 Å². The van der Waals surface area contributed by atoms with Gasteiger partial charge in [0.1, 0.15) is 5.82 Å². The van der Waals surface area contributed by atoms with Crippen molar-refractivity contribution in [3.05, 3.63) is 23.8 Å². The minimum atomic E-state index is 0.603. The normalized spacial score (nSPS) is 21.9. The summed E-state index contributed by atoms with van der Waals surface area (Å²) in [6.45, 7) is 0.926. The first-order valence-corrected chi connectivity index (χ1v) is 7.96. The molecule has 2 saturated carbocycles. The molecule has 3 rings (SSSR count). The molecule has 19 heavy (non-hydrogen) atoms. The van der Waals surface area contributed by atoms with Gasteiger partial charge in [0, 0.05) is 36.5 Å². The van der Waals surface area contributed by atoms with E-state index in [0.717, 1.165) is 18.4 Å². The van der Waals surface area contributed by atoms with Crippen molar-refractivity contribution in [2.24, 2.45) is 0 Å². The fourth-order valence-corrected chi connectivity index (χ4v) is 2.93. The van der Waals surface area contributed by atoms with E-state index >= 15 is 0 Å². The van der Waals surface area contributed by atoms with Gasteiger partial charge in [0.25, 0.3) is 0 Å². The Labute approximate surface area is 116 Å². The fraction of sp³-hybridized carbons (Fsp3) is 0.750. The summed E-state index contributed by atoms with van der Waals surface area (Å²) in [4.78, 5) is 9.24. The Bertz CT molecular complexity index is 375. The summed E-state index contributed by atoms with van der Waals surface area (Å²) >= 11 is 0. The van der Waals surface area contributed by atoms with Gasteiger partial charge in [0.05, 0.1) is 0 Å². The molecule has 0 saturated heterocycles. The number of rotatable bonds is 4. The van der Waals surface area contributed by atoms with Crippen LogP contribution in [0.5, 0.6) is 0 Å². The van der Waals surface area contributed by atoms with Crippen molar-refractivity contribution in [1.29, 1.82) is 0 Å². The van der Waals surface area contributed by atoms with E-state index in [1.54, 1.807) is 0 Å². The highest BCUT2D eigenvalue weighted by Gasteiger charge is 2.20. The molecule has 0 unspecified atom stereocenters. The molecule has 2 fully saturated rings. The van der Waals surface area contributed by atoms with E-state index in [1.165, 1.54) is 63.4 Å². The molecule has 0 aromatic carbocycles. The number of hydrogen-bond donors (Lipinski definition) is 1. The van der Waals surface area contributed by atoms with E-state index < -0.39 is 0 Å². The van der Waals surface area contributed by atoms with Crippen LogP contribution in [0.15, 0.2) is 12.4 Å². The lowest BCUT2D eigenvalue weighted by Gasteiger charge is -2.18. The van der Waals surface area contributed by atoms with Crippen LogP contribution >= 0.6 is 0 Å². The van der Waals surface area contributed by atoms with Gasteiger partial charge in [0.2, 0.25) is 0 Å². The highest BCUT2D eigenvalue weighted by atomic mass is 15.0. The molecule has 3 heteroatoms. The number of hydrogen-bond acceptors (Lipinski definition) is 3. The summed E-state index contributed by atoms with van der Waals surface area (Å²) in [6.07, 6.45) is 16.2. The summed E-state index contributed by atoms with van der Waals surface area (Å²) < 4.78 is 0. The molecule has 0 radical (unpaired) electrons. The van der Waals surface area contributed by atoms with Gasteiger partial charge in [0.15, 0.2) is 0 Å². The Morgan fingerprint density at radius 1 is 0.895 bits per heavy atom. The highest BCUT2D eigenvalue weighted by molar-refractivity contribution is 5.08. The fourth-order valence-electron chi connectivity index (χ4n) is 2.93. The van der Waals surface area contributed by atoms with Gasteiger partial charge >= 0.3 is 0 Å². The van der Waals surface area contributed by atoms with Crippen molar-refractivity contribution in [3.63, 3.8) is 0 Å². The molecule has 104 valence electrons. The largest absolute Gasteiger partial charge is 0.310 e. The Balaban J connectivity index is 1.56. The van der Waals surface area contributed by atoms with Crippen LogP contribution in [-0.2, 0) is 6.54 Å². The maximum atomic E-state index is 4.62. The Morgan fingerprint density at radius 2 is 1.53 bits per heavy atom. The van der Waals surface area contributed by atoms with Crippen LogP contribution in [0.3, 0.4) is 0 Å². The molecule has 0 atom stereocenters. The summed E-state index contributed by atoms with van der Waals surface area (Å²) in [7, 11) is 0. The molecular weight excluding hydrogens is 234 g/mol. The maximum absolute atomic E-state index is 4.62. The molecule has 1 N–H and O–H groups in total. The van der Waals surface area contributed by atoms with Gasteiger partial charge in [-0.25, -0.2) is 9.97 Å². The van der Waals surface area contributed by atoms with Gasteiger partial charge in [-0.05, 0) is 25.7 Å². The molecular formula is C16H25N3. The second kappa shape index (κ2) is 6.47. The quantitative estimate of drug-likeness (QED) is 0.898. The number of nitrogens with one attached hydrogen (secondary N) is 1. The van der Waals surface area contributed by atoms with Crippen LogP contribution < -0.4 is 5.32 Å². The maximum Gasteiger partial charge on any atom is 0.131 e. The lowest BCUT2D eigenvalue weighted by atomic mass is 9.90. The molecule has 0 aliphatic heterocycles. The molecule has 2 aliphatic carbocycles. The minimum Gasteiger partial charge on any atom is -0.310 e. The zero-order valence-corrected chi connectivity index (χ0v) is 11.8. The highest BCUT2D eigenvalue weighted by Crippen LogP contribution is 2.28. The van der Waals surface area contributed by atoms with Gasteiger partial charge in [-0.1, -0.05) is 32.1 Å². The third-order valence-corrected chi connectivity index (χ3v) is 4.37. The Hall–Kier alpha value is -0.960. The average molecular weight is 259 g/mol. The zero-order valence-electron chi connectivity index (χ0n) is 11.8. The second-order valence-corrected chi connectivity index (χ2v) is 6.15. The van der Waals surface area contributed by atoms with Gasteiger partial charge in [-0.2, -0.15) is 0 Å². The second-order valence-electron chi connectivity index (χ2n) is 6.15. The van der Waals surface area contributed by atoms with Crippen molar-refractivity contribution < 1.29 is 0 Å². The van der Waals surface area contributed by atoms with Crippen molar-refractivity contribution >= 4 is 0 Å². The molecule has 3 nitrogen and oxygen atoms in total. The van der Waals surface area contributed by atoms with Crippen LogP contribution in [0, 0.1) is 0 Å². The van der Waals surface area contributed by atoms with Crippen LogP contribution in [-0.4, -0.2) is 16.0 Å². The first-order chi connectivity index (χ1) is 9.42. The van der Waals surface area contributed by atoms with Crippen molar-refractivity contribution in [3.8, 4) is 0 Å². The van der Waals surface area contributed by atoms with Gasteiger partial charge in [-0.15, -0.1) is 0 Å². The number of aromatic nitrogens is 2. The smallest absolute Gasteiger partial charge is 0.131 e. The zero-order chi connectivity index (χ0) is 12.9. The summed E-state index contributed by atoms with van der Waals surface area (Å²) in [5.41, 5.74) is 1.22. The standard InChI is InChI=1S/C16H25N3/c1-2-4-6-14(7-5-3-1)16-18-11-13(12-19-16)10-17-15-8-9-15/h11-12,14-15,17H,1-10H2. The van der Waals surface area contributed by atoms with E-state index in [2.05, 4.69) is 15.3 Å². The average Bonchev–Trinajstić information content (AvgIpc) is 3.21. The molecule has 0 bridgehead atoms. The van der Waals surface area contributed by atoms with E-state index in [4.69, 9.17) is 0 Å². The van der Waals surface area contributed by atoms with E-state index in [-0.39, 0.29) is 0 Å². The number of nitrogens with zero attached hydrogens (tertiary/aromatic N) is 2. The summed E-state index contributed by atoms with van der Waals surface area (Å²) in [5, 5.41) is 3.51. The van der Waals surface area contributed by atoms with Crippen molar-refractivity contribution in [2.45, 2.75) is 76.3 Å². The Kier molecular flexibility index (Phi) is 4.44. The first-order valence-electron chi connectivity index (χ1n) is 7.96.